The Balaban J connectivity index is 1.75. The van der Waals surface area contributed by atoms with E-state index in [-0.39, 0.29) is 12.3 Å². The van der Waals surface area contributed by atoms with Crippen LogP contribution in [0.4, 0.5) is 4.79 Å². The molecule has 2 N–H and O–H groups in total. The molecule has 1 unspecified atom stereocenters. The van der Waals surface area contributed by atoms with Crippen molar-refractivity contribution in [2.75, 3.05) is 32.8 Å². The highest BCUT2D eigenvalue weighted by Crippen LogP contribution is 2.09. The quantitative estimate of drug-likeness (QED) is 0.611. The van der Waals surface area contributed by atoms with Gasteiger partial charge in [0.15, 0.2) is 0 Å². The molecule has 2 rings (SSSR count). The molecule has 5 nitrogen and oxygen atoms in total. The minimum absolute atomic E-state index is 0.0124. The van der Waals surface area contributed by atoms with Gasteiger partial charge in [-0.1, -0.05) is 0 Å². The summed E-state index contributed by atoms with van der Waals surface area (Å²) < 4.78 is 5.34. The van der Waals surface area contributed by atoms with Crippen LogP contribution < -0.4 is 10.6 Å². The molecule has 0 aromatic carbocycles. The van der Waals surface area contributed by atoms with Gasteiger partial charge < -0.3 is 20.3 Å². The van der Waals surface area contributed by atoms with Crippen molar-refractivity contribution in [3.8, 4) is 0 Å². The van der Waals surface area contributed by atoms with Crippen LogP contribution in [0.2, 0.25) is 0 Å². The van der Waals surface area contributed by atoms with Crippen molar-refractivity contribution in [3.05, 3.63) is 0 Å². The maximum absolute atomic E-state index is 11.7. The molecule has 0 bridgehead atoms. The Labute approximate surface area is 83.8 Å². The number of amides is 2. The maximum Gasteiger partial charge on any atom is 0.319 e. The third-order valence-corrected chi connectivity index (χ3v) is 2.62. The largest absolute Gasteiger partial charge is 0.358 e. The van der Waals surface area contributed by atoms with E-state index in [9.17, 15) is 4.79 Å². The Kier molecular flexibility index (Phi) is 3.21. The van der Waals surface area contributed by atoms with Gasteiger partial charge in [-0.2, -0.15) is 0 Å². The monoisotopic (exact) mass is 199 g/mol. The number of piperazine rings is 1. The van der Waals surface area contributed by atoms with Crippen molar-refractivity contribution < 1.29 is 9.53 Å². The summed E-state index contributed by atoms with van der Waals surface area (Å²) in [6, 6.07) is 0.0124. The summed E-state index contributed by atoms with van der Waals surface area (Å²) >= 11 is 0. The average Bonchev–Trinajstić information content (AvgIpc) is 2.72. The Morgan fingerprint density at radius 1 is 1.43 bits per heavy atom. The first-order chi connectivity index (χ1) is 6.86. The summed E-state index contributed by atoms with van der Waals surface area (Å²) in [5, 5.41) is 6.10. The van der Waals surface area contributed by atoms with E-state index >= 15 is 0 Å². The predicted molar refractivity (Wildman–Crippen MR) is 51.9 cm³/mol. The molecular formula is C9H17N3O2. The van der Waals surface area contributed by atoms with E-state index in [4.69, 9.17) is 4.74 Å². The fraction of sp³-hybridized carbons (Fsp3) is 0.889. The third-order valence-electron chi connectivity index (χ3n) is 2.62. The van der Waals surface area contributed by atoms with E-state index in [1.165, 1.54) is 0 Å². The van der Waals surface area contributed by atoms with Gasteiger partial charge in [-0.25, -0.2) is 4.79 Å². The molecule has 2 heterocycles. The molecule has 0 saturated carbocycles. The molecule has 0 aromatic rings. The lowest BCUT2D eigenvalue weighted by Crippen LogP contribution is -2.52. The number of carbonyl (C=O) groups is 1. The number of rotatable bonds is 1. The van der Waals surface area contributed by atoms with Crippen LogP contribution in [-0.4, -0.2) is 49.9 Å². The molecule has 0 spiro atoms. The van der Waals surface area contributed by atoms with Gasteiger partial charge in [0.05, 0.1) is 0 Å². The highest BCUT2D eigenvalue weighted by atomic mass is 16.5. The lowest BCUT2D eigenvalue weighted by atomic mass is 10.3. The molecule has 80 valence electrons. The summed E-state index contributed by atoms with van der Waals surface area (Å²) in [7, 11) is 0. The van der Waals surface area contributed by atoms with Gasteiger partial charge in [0, 0.05) is 32.8 Å². The van der Waals surface area contributed by atoms with E-state index in [1.54, 1.807) is 0 Å². The highest BCUT2D eigenvalue weighted by molar-refractivity contribution is 5.74. The minimum Gasteiger partial charge on any atom is -0.358 e. The Morgan fingerprint density at radius 3 is 2.86 bits per heavy atom. The number of nitrogens with one attached hydrogen (secondary N) is 2. The van der Waals surface area contributed by atoms with Crippen LogP contribution in [0.3, 0.4) is 0 Å². The van der Waals surface area contributed by atoms with Crippen LogP contribution >= 0.6 is 0 Å². The normalized spacial score (nSPS) is 27.7. The Hall–Kier alpha value is -0.810. The number of hydrogen-bond donors (Lipinski definition) is 2. The van der Waals surface area contributed by atoms with Gasteiger partial charge in [0.2, 0.25) is 0 Å². The zero-order valence-corrected chi connectivity index (χ0v) is 8.29. The standard InChI is InChI=1S/C9H17N3O2/c13-9(11-8-2-1-7-14-8)12-5-3-10-4-6-12/h8,10H,1-7H2,(H,11,13). The Morgan fingerprint density at radius 2 is 2.21 bits per heavy atom. The number of urea groups is 1. The molecule has 2 aliphatic heterocycles. The molecule has 2 aliphatic rings. The summed E-state index contributed by atoms with van der Waals surface area (Å²) in [6.07, 6.45) is 1.93. The molecule has 0 aromatic heterocycles. The van der Waals surface area contributed by atoms with Gasteiger partial charge >= 0.3 is 6.03 Å². The van der Waals surface area contributed by atoms with E-state index in [1.807, 2.05) is 4.90 Å². The van der Waals surface area contributed by atoms with Crippen molar-refractivity contribution in [3.63, 3.8) is 0 Å². The number of hydrogen-bond acceptors (Lipinski definition) is 3. The lowest BCUT2D eigenvalue weighted by Gasteiger charge is -2.28. The molecule has 0 radical (unpaired) electrons. The third kappa shape index (κ3) is 2.36. The summed E-state index contributed by atoms with van der Waals surface area (Å²) in [4.78, 5) is 13.5. The number of nitrogens with zero attached hydrogens (tertiary/aromatic N) is 1. The topological polar surface area (TPSA) is 53.6 Å². The minimum atomic E-state index is -0.0580. The summed E-state index contributed by atoms with van der Waals surface area (Å²) in [6.45, 7) is 4.13. The van der Waals surface area contributed by atoms with Crippen molar-refractivity contribution in [2.45, 2.75) is 19.1 Å². The van der Waals surface area contributed by atoms with E-state index in [2.05, 4.69) is 10.6 Å². The van der Waals surface area contributed by atoms with Crippen molar-refractivity contribution in [1.82, 2.24) is 15.5 Å². The van der Waals surface area contributed by atoms with Crippen LogP contribution in [0.15, 0.2) is 0 Å². The molecule has 0 aliphatic carbocycles. The maximum atomic E-state index is 11.7. The first-order valence-electron chi connectivity index (χ1n) is 5.24. The molecule has 2 fully saturated rings. The zero-order valence-electron chi connectivity index (χ0n) is 8.29. The average molecular weight is 199 g/mol. The fourth-order valence-electron chi connectivity index (χ4n) is 1.79. The zero-order chi connectivity index (χ0) is 9.80. The SMILES string of the molecule is O=C(NC1CCCO1)N1CCNCC1. The molecule has 2 amide bonds. The van der Waals surface area contributed by atoms with Crippen molar-refractivity contribution in [2.24, 2.45) is 0 Å². The van der Waals surface area contributed by atoms with Gasteiger partial charge in [0.1, 0.15) is 6.23 Å². The van der Waals surface area contributed by atoms with Crippen LogP contribution in [0.1, 0.15) is 12.8 Å². The Bertz CT molecular complexity index is 198. The summed E-state index contributed by atoms with van der Waals surface area (Å²) in [5.74, 6) is 0. The van der Waals surface area contributed by atoms with E-state index < -0.39 is 0 Å². The van der Waals surface area contributed by atoms with Gasteiger partial charge in [-0.05, 0) is 12.8 Å². The first-order valence-corrected chi connectivity index (χ1v) is 5.24. The number of ether oxygens (including phenoxy) is 1. The van der Waals surface area contributed by atoms with Crippen LogP contribution in [0, 0.1) is 0 Å². The first kappa shape index (κ1) is 9.73. The second kappa shape index (κ2) is 4.61. The van der Waals surface area contributed by atoms with E-state index in [0.717, 1.165) is 45.6 Å². The van der Waals surface area contributed by atoms with Gasteiger partial charge in [-0.3, -0.25) is 0 Å². The van der Waals surface area contributed by atoms with Gasteiger partial charge in [-0.15, -0.1) is 0 Å². The molecule has 14 heavy (non-hydrogen) atoms. The van der Waals surface area contributed by atoms with Gasteiger partial charge in [0.25, 0.3) is 0 Å². The second-order valence-electron chi connectivity index (χ2n) is 3.69. The van der Waals surface area contributed by atoms with Crippen LogP contribution in [0.5, 0.6) is 0 Å². The smallest absolute Gasteiger partial charge is 0.319 e. The van der Waals surface area contributed by atoms with Crippen molar-refractivity contribution >= 4 is 6.03 Å². The lowest BCUT2D eigenvalue weighted by molar-refractivity contribution is 0.0826. The summed E-state index contributed by atoms with van der Waals surface area (Å²) in [5.41, 5.74) is 0. The van der Waals surface area contributed by atoms with Crippen molar-refractivity contribution in [1.29, 1.82) is 0 Å². The molecule has 1 atom stereocenters. The molecular weight excluding hydrogens is 182 g/mol. The second-order valence-corrected chi connectivity index (χ2v) is 3.69. The number of carbonyl (C=O) groups excluding carboxylic acids is 1. The van der Waals surface area contributed by atoms with Crippen LogP contribution in [-0.2, 0) is 4.74 Å². The highest BCUT2D eigenvalue weighted by Gasteiger charge is 2.21. The van der Waals surface area contributed by atoms with E-state index in [0.29, 0.717) is 0 Å². The van der Waals surface area contributed by atoms with Crippen LogP contribution in [0.25, 0.3) is 0 Å². The molecule has 2 saturated heterocycles. The predicted octanol–water partition coefficient (Wildman–Crippen LogP) is -0.262. The molecule has 5 heteroatoms. The fourth-order valence-corrected chi connectivity index (χ4v) is 1.79.